The van der Waals surface area contributed by atoms with Crippen LogP contribution >= 0.6 is 23.2 Å². The maximum Gasteiger partial charge on any atom is 0.259 e. The van der Waals surface area contributed by atoms with E-state index >= 15 is 0 Å². The molecule has 0 aliphatic heterocycles. The van der Waals surface area contributed by atoms with Gasteiger partial charge in [-0.15, -0.1) is 0 Å². The second kappa shape index (κ2) is 7.24. The Hall–Kier alpha value is -2.04. The number of rotatable bonds is 5. The summed E-state index contributed by atoms with van der Waals surface area (Å²) in [6.07, 6.45) is 0. The van der Waals surface area contributed by atoms with Crippen LogP contribution in [0.2, 0.25) is 10.0 Å². The van der Waals surface area contributed by atoms with Crippen LogP contribution in [-0.4, -0.2) is 10.1 Å². The molecule has 3 rings (SSSR count). The minimum absolute atomic E-state index is 0.219. The summed E-state index contributed by atoms with van der Waals surface area (Å²) >= 11 is 12.0. The minimum Gasteiger partial charge on any atom is -0.485 e. The Kier molecular flexibility index (Phi) is 5.07. The fraction of sp³-hybridized carbons (Fsp3) is 0.222. The van der Waals surface area contributed by atoms with Crippen LogP contribution in [0, 0.1) is 0 Å². The monoisotopic (exact) mass is 362 g/mol. The summed E-state index contributed by atoms with van der Waals surface area (Å²) in [5, 5.41) is 4.94. The third-order valence-electron chi connectivity index (χ3n) is 3.52. The van der Waals surface area contributed by atoms with Crippen molar-refractivity contribution in [1.29, 1.82) is 0 Å². The van der Waals surface area contributed by atoms with E-state index in [0.29, 0.717) is 33.2 Å². The quantitative estimate of drug-likeness (QED) is 0.579. The van der Waals surface area contributed by atoms with Crippen molar-refractivity contribution in [2.45, 2.75) is 26.4 Å². The van der Waals surface area contributed by atoms with Gasteiger partial charge in [0, 0.05) is 5.02 Å². The van der Waals surface area contributed by atoms with Gasteiger partial charge < -0.3 is 9.26 Å². The molecule has 124 valence electrons. The van der Waals surface area contributed by atoms with Gasteiger partial charge in [0.1, 0.15) is 5.75 Å². The number of nitrogens with zero attached hydrogens (tertiary/aromatic N) is 2. The first-order valence-electron chi connectivity index (χ1n) is 7.53. The van der Waals surface area contributed by atoms with Gasteiger partial charge in [-0.25, -0.2) is 0 Å². The van der Waals surface area contributed by atoms with Crippen molar-refractivity contribution < 1.29 is 9.26 Å². The Bertz CT molecular complexity index is 847. The smallest absolute Gasteiger partial charge is 0.259 e. The normalized spacial score (nSPS) is 11.0. The molecule has 4 nitrogen and oxygen atoms in total. The molecule has 0 aliphatic carbocycles. The average molecular weight is 363 g/mol. The maximum atomic E-state index is 6.15. The summed E-state index contributed by atoms with van der Waals surface area (Å²) in [6, 6.07) is 13.1. The van der Waals surface area contributed by atoms with E-state index in [-0.39, 0.29) is 6.61 Å². The van der Waals surface area contributed by atoms with Crippen LogP contribution in [0.3, 0.4) is 0 Å². The Morgan fingerprint density at radius 1 is 1.12 bits per heavy atom. The molecule has 6 heteroatoms. The van der Waals surface area contributed by atoms with Gasteiger partial charge in [-0.3, -0.25) is 0 Å². The average Bonchev–Trinajstić information content (AvgIpc) is 3.02. The van der Waals surface area contributed by atoms with Crippen LogP contribution in [-0.2, 0) is 6.61 Å². The molecule has 0 unspecified atom stereocenters. The van der Waals surface area contributed by atoms with Gasteiger partial charge in [0.2, 0.25) is 5.82 Å². The largest absolute Gasteiger partial charge is 0.485 e. The van der Waals surface area contributed by atoms with Crippen LogP contribution in [0.4, 0.5) is 0 Å². The zero-order chi connectivity index (χ0) is 17.1. The Morgan fingerprint density at radius 3 is 2.71 bits per heavy atom. The molecule has 0 bridgehead atoms. The summed E-state index contributed by atoms with van der Waals surface area (Å²) in [4.78, 5) is 4.31. The molecule has 0 saturated carbocycles. The van der Waals surface area contributed by atoms with E-state index < -0.39 is 0 Å². The van der Waals surface area contributed by atoms with Crippen LogP contribution in [0.5, 0.6) is 5.75 Å². The predicted molar refractivity (Wildman–Crippen MR) is 94.6 cm³/mol. The molecule has 0 aliphatic rings. The highest BCUT2D eigenvalue weighted by atomic mass is 35.5. The SMILES string of the molecule is CC(C)c1cccc(OCc2noc(-c3ccc(Cl)cc3Cl)n2)c1. The second-order valence-electron chi connectivity index (χ2n) is 5.66. The van der Waals surface area contributed by atoms with Gasteiger partial charge in [0.25, 0.3) is 5.89 Å². The first-order chi connectivity index (χ1) is 11.5. The van der Waals surface area contributed by atoms with Crippen LogP contribution in [0.1, 0.15) is 31.2 Å². The summed E-state index contributed by atoms with van der Waals surface area (Å²) in [6.45, 7) is 4.50. The zero-order valence-electron chi connectivity index (χ0n) is 13.3. The Labute approximate surface area is 150 Å². The lowest BCUT2D eigenvalue weighted by molar-refractivity contribution is 0.286. The lowest BCUT2D eigenvalue weighted by Gasteiger charge is -2.08. The number of hydrogen-bond acceptors (Lipinski definition) is 4. The van der Waals surface area contributed by atoms with Crippen molar-refractivity contribution in [2.24, 2.45) is 0 Å². The number of hydrogen-bond donors (Lipinski definition) is 0. The van der Waals surface area contributed by atoms with Gasteiger partial charge in [-0.1, -0.05) is 54.3 Å². The van der Waals surface area contributed by atoms with Crippen molar-refractivity contribution in [2.75, 3.05) is 0 Å². The molecule has 2 aromatic carbocycles. The molecule has 3 aromatic rings. The first-order valence-corrected chi connectivity index (χ1v) is 8.29. The van der Waals surface area contributed by atoms with Gasteiger partial charge in [-0.05, 0) is 41.8 Å². The number of benzene rings is 2. The van der Waals surface area contributed by atoms with Crippen molar-refractivity contribution in [3.8, 4) is 17.2 Å². The molecular formula is C18H16Cl2N2O2. The molecule has 0 N–H and O–H groups in total. The van der Waals surface area contributed by atoms with Crippen molar-refractivity contribution in [3.05, 3.63) is 63.9 Å². The minimum atomic E-state index is 0.219. The topological polar surface area (TPSA) is 48.2 Å². The summed E-state index contributed by atoms with van der Waals surface area (Å²) in [7, 11) is 0. The molecule has 0 radical (unpaired) electrons. The van der Waals surface area contributed by atoms with Crippen molar-refractivity contribution in [1.82, 2.24) is 10.1 Å². The van der Waals surface area contributed by atoms with Gasteiger partial charge in [-0.2, -0.15) is 4.98 Å². The van der Waals surface area contributed by atoms with E-state index in [1.54, 1.807) is 18.2 Å². The van der Waals surface area contributed by atoms with E-state index in [0.717, 1.165) is 5.75 Å². The Morgan fingerprint density at radius 2 is 1.96 bits per heavy atom. The third kappa shape index (κ3) is 3.89. The Balaban J connectivity index is 1.71. The van der Waals surface area contributed by atoms with Crippen LogP contribution in [0.25, 0.3) is 11.5 Å². The maximum absolute atomic E-state index is 6.15. The van der Waals surface area contributed by atoms with Gasteiger partial charge in [0.15, 0.2) is 6.61 Å². The highest BCUT2D eigenvalue weighted by molar-refractivity contribution is 6.36. The van der Waals surface area contributed by atoms with Crippen molar-refractivity contribution >= 4 is 23.2 Å². The first kappa shape index (κ1) is 16.8. The molecule has 0 fully saturated rings. The summed E-state index contributed by atoms with van der Waals surface area (Å²) in [5.74, 6) is 2.01. The fourth-order valence-corrected chi connectivity index (χ4v) is 2.69. The van der Waals surface area contributed by atoms with Crippen LogP contribution < -0.4 is 4.74 Å². The molecular weight excluding hydrogens is 347 g/mol. The molecule has 1 aromatic heterocycles. The zero-order valence-corrected chi connectivity index (χ0v) is 14.8. The fourth-order valence-electron chi connectivity index (χ4n) is 2.20. The van der Waals surface area contributed by atoms with E-state index in [4.69, 9.17) is 32.5 Å². The van der Waals surface area contributed by atoms with E-state index in [9.17, 15) is 0 Å². The predicted octanol–water partition coefficient (Wildman–Crippen LogP) is 5.75. The molecule has 0 saturated heterocycles. The van der Waals surface area contributed by atoms with Crippen molar-refractivity contribution in [3.63, 3.8) is 0 Å². The molecule has 0 atom stereocenters. The lowest BCUT2D eigenvalue weighted by Crippen LogP contribution is -1.98. The second-order valence-corrected chi connectivity index (χ2v) is 6.50. The number of aromatic nitrogens is 2. The molecule has 24 heavy (non-hydrogen) atoms. The van der Waals surface area contributed by atoms with Gasteiger partial charge in [0.05, 0.1) is 10.6 Å². The number of ether oxygens (including phenoxy) is 1. The van der Waals surface area contributed by atoms with Gasteiger partial charge >= 0.3 is 0 Å². The number of halogens is 2. The van der Waals surface area contributed by atoms with E-state index in [1.807, 2.05) is 18.2 Å². The highest BCUT2D eigenvalue weighted by Crippen LogP contribution is 2.29. The molecule has 0 amide bonds. The van der Waals surface area contributed by atoms with Crippen LogP contribution in [0.15, 0.2) is 47.0 Å². The summed E-state index contributed by atoms with van der Waals surface area (Å²) in [5.41, 5.74) is 1.86. The molecule has 1 heterocycles. The van der Waals surface area contributed by atoms with E-state index in [2.05, 4.69) is 30.1 Å². The lowest BCUT2D eigenvalue weighted by atomic mass is 10.0. The molecule has 0 spiro atoms. The summed E-state index contributed by atoms with van der Waals surface area (Å²) < 4.78 is 11.0. The highest BCUT2D eigenvalue weighted by Gasteiger charge is 2.13. The van der Waals surface area contributed by atoms with E-state index in [1.165, 1.54) is 5.56 Å². The third-order valence-corrected chi connectivity index (χ3v) is 4.07. The standard InChI is InChI=1S/C18H16Cl2N2O2/c1-11(2)12-4-3-5-14(8-12)23-10-17-21-18(24-22-17)15-7-6-13(19)9-16(15)20/h3-9,11H,10H2,1-2H3.